The molecule has 12 N–H and O–H groups in total. The number of aliphatic hydroxyl groups is 1. The number of benzene rings is 1. The molecule has 0 aliphatic heterocycles. The normalized spacial score (nSPS) is 19.5. The first-order valence-corrected chi connectivity index (χ1v) is 23.2. The molecule has 376 valence electrons. The van der Waals surface area contributed by atoms with E-state index in [4.69, 9.17) is 16.6 Å². The van der Waals surface area contributed by atoms with Gasteiger partial charge in [0, 0.05) is 61.6 Å². The highest BCUT2D eigenvalue weighted by Gasteiger charge is 2.44. The molecule has 0 radical (unpaired) electrons. The second kappa shape index (κ2) is 25.8. The number of carbonyl (C=O) groups is 8. The van der Waals surface area contributed by atoms with Crippen LogP contribution in [0.25, 0.3) is 5.57 Å². The van der Waals surface area contributed by atoms with Crippen LogP contribution in [0.3, 0.4) is 0 Å². The molecule has 1 aromatic heterocycles. The van der Waals surface area contributed by atoms with Crippen LogP contribution in [0.2, 0.25) is 0 Å². The number of carboxylic acid groups (broad SMARTS) is 3. The summed E-state index contributed by atoms with van der Waals surface area (Å²) in [5, 5.41) is 45.9. The summed E-state index contributed by atoms with van der Waals surface area (Å²) in [7, 11) is 0. The van der Waals surface area contributed by atoms with Crippen molar-refractivity contribution in [2.45, 2.75) is 88.1 Å². The van der Waals surface area contributed by atoms with Gasteiger partial charge in [-0.1, -0.05) is 56.3 Å². The lowest BCUT2D eigenvalue weighted by atomic mass is 9.70. The van der Waals surface area contributed by atoms with Gasteiger partial charge in [-0.05, 0) is 54.2 Å². The molecule has 23 heteroatoms. The molecule has 69 heavy (non-hydrogen) atoms. The van der Waals surface area contributed by atoms with Gasteiger partial charge in [-0.3, -0.25) is 38.4 Å². The van der Waals surface area contributed by atoms with Crippen molar-refractivity contribution in [1.29, 1.82) is 0 Å². The molecule has 0 saturated carbocycles. The van der Waals surface area contributed by atoms with E-state index in [1.807, 2.05) is 54.0 Å². The lowest BCUT2D eigenvalue weighted by molar-refractivity contribution is -0.140. The van der Waals surface area contributed by atoms with Crippen molar-refractivity contribution in [2.75, 3.05) is 38.5 Å². The van der Waals surface area contributed by atoms with E-state index in [9.17, 15) is 58.1 Å². The Labute approximate surface area is 401 Å². The molecule has 5 amide bonds. The first kappa shape index (κ1) is 55.2. The van der Waals surface area contributed by atoms with Gasteiger partial charge >= 0.3 is 17.9 Å². The first-order chi connectivity index (χ1) is 32.6. The number of nitrogens with two attached hydrogens (primary N) is 2. The quantitative estimate of drug-likeness (QED) is 0.0420. The van der Waals surface area contributed by atoms with Crippen LogP contribution < -0.4 is 32.7 Å². The molecule has 20 nitrogen and oxygen atoms in total. The summed E-state index contributed by atoms with van der Waals surface area (Å²) in [5.41, 5.74) is 13.1. The minimum absolute atomic E-state index is 0.0941. The van der Waals surface area contributed by atoms with E-state index >= 15 is 4.39 Å². The van der Waals surface area contributed by atoms with Crippen LogP contribution in [-0.2, 0) is 44.9 Å². The Balaban J connectivity index is 1.41. The smallest absolute Gasteiger partial charge is 0.321 e. The Kier molecular flexibility index (Phi) is 20.6. The number of carbonyl (C=O) groups excluding carboxylic acids is 5. The molecular weight excluding hydrogens is 927 g/mol. The number of carboxylic acids is 3. The van der Waals surface area contributed by atoms with E-state index in [-0.39, 0.29) is 43.8 Å². The third kappa shape index (κ3) is 16.1. The van der Waals surface area contributed by atoms with Gasteiger partial charge < -0.3 is 62.6 Å². The predicted octanol–water partition coefficient (Wildman–Crippen LogP) is 0.993. The Hall–Kier alpha value is -6.43. The van der Waals surface area contributed by atoms with Gasteiger partial charge in [-0.2, -0.15) is 0 Å². The zero-order valence-electron chi connectivity index (χ0n) is 38.1. The predicted molar refractivity (Wildman–Crippen MR) is 249 cm³/mol. The van der Waals surface area contributed by atoms with Crippen LogP contribution in [0, 0.1) is 11.3 Å². The summed E-state index contributed by atoms with van der Waals surface area (Å²) >= 11 is 0.659. The number of allylic oxidation sites excluding steroid dienone is 5. The standard InChI is InChI=1S/C46H60F2N8O12S/c1-26-17-29(47)19-30(40(26)48)28-18-34(55(23-28)22-27-7-4-3-5-8-27)41(46(2)12-6-13-46)56(37(59)24-57)16-11-31(49)42(64)51-14-15-52-43(65)33(9-10-38(60)61)54-36(58)21-53-44(66)35(20-39(62)63)69-25-32(50)45(67)68/h3-8,12,17-19,23,26,31-33,35,40-41,57H,9-11,13-16,20-22,24-25,49-50H2,1-2H3,(H,51,64)(H,52,65)(H,53,66)(H,54,58)(H,60,61)(H,62,63)(H,67,68)/t26?,31-,32-,33+,35+,40?,41-,46?/m0/s1. The van der Waals surface area contributed by atoms with E-state index < -0.39 is 126 Å². The fraction of sp³-hybridized carbons (Fsp3) is 0.478. The Morgan fingerprint density at radius 2 is 1.61 bits per heavy atom. The number of nitrogens with zero attached hydrogens (tertiary/aromatic N) is 2. The summed E-state index contributed by atoms with van der Waals surface area (Å²) in [6, 6.07) is 6.35. The maximum atomic E-state index is 15.7. The number of hydrogen-bond donors (Lipinski definition) is 10. The van der Waals surface area contributed by atoms with Crippen LogP contribution in [0.4, 0.5) is 8.78 Å². The van der Waals surface area contributed by atoms with Crippen molar-refractivity contribution in [1.82, 2.24) is 30.7 Å². The third-order valence-corrected chi connectivity index (χ3v) is 12.9. The molecule has 1 heterocycles. The van der Waals surface area contributed by atoms with Crippen molar-refractivity contribution < 1.29 is 67.6 Å². The highest BCUT2D eigenvalue weighted by molar-refractivity contribution is 8.00. The van der Waals surface area contributed by atoms with Gasteiger partial charge in [-0.25, -0.2) is 8.78 Å². The van der Waals surface area contributed by atoms with Crippen molar-refractivity contribution in [3.63, 3.8) is 0 Å². The number of nitrogens with one attached hydrogen (secondary N) is 4. The minimum Gasteiger partial charge on any atom is -0.481 e. The van der Waals surface area contributed by atoms with Gasteiger partial charge in [0.2, 0.25) is 29.5 Å². The molecule has 0 fully saturated rings. The molecule has 1 aromatic carbocycles. The first-order valence-electron chi connectivity index (χ1n) is 22.1. The van der Waals surface area contributed by atoms with Crippen molar-refractivity contribution >= 4 is 64.8 Å². The molecule has 4 rings (SSSR count). The SMILES string of the molecule is CC1C=C(F)C=C(c2cc([C@H](N(CC[C@H](N)C(=O)NCCNC(=O)[C@@H](CCC(=O)O)NC(=O)CNC(=O)[C@@H](CC(=O)O)SC[C@H](N)C(=O)O)C(=O)CO)C3(C)C=CC3)n(Cc3ccccc3)c2)C1F. The average molecular weight is 987 g/mol. The van der Waals surface area contributed by atoms with Crippen LogP contribution in [0.1, 0.15) is 68.8 Å². The molecule has 2 aliphatic rings. The van der Waals surface area contributed by atoms with Crippen molar-refractivity contribution in [3.05, 3.63) is 89.5 Å². The highest BCUT2D eigenvalue weighted by Crippen LogP contribution is 2.49. The number of amides is 5. The maximum absolute atomic E-state index is 15.7. The van der Waals surface area contributed by atoms with E-state index in [2.05, 4.69) is 21.3 Å². The number of aliphatic carboxylic acids is 3. The molecule has 0 bridgehead atoms. The summed E-state index contributed by atoms with van der Waals surface area (Å²) < 4.78 is 32.3. The Bertz CT molecular complexity index is 2290. The van der Waals surface area contributed by atoms with Crippen LogP contribution in [0.5, 0.6) is 0 Å². The number of hydrogen-bond acceptors (Lipinski definition) is 12. The van der Waals surface area contributed by atoms with E-state index in [0.29, 0.717) is 36.0 Å². The van der Waals surface area contributed by atoms with E-state index in [1.165, 1.54) is 11.0 Å². The number of alkyl halides is 1. The molecular formula is C46H60F2N8O12S. The van der Waals surface area contributed by atoms with Gasteiger partial charge in [0.15, 0.2) is 0 Å². The highest BCUT2D eigenvalue weighted by atomic mass is 32.2. The lowest BCUT2D eigenvalue weighted by Crippen LogP contribution is -2.52. The zero-order valence-corrected chi connectivity index (χ0v) is 39.0. The largest absolute Gasteiger partial charge is 0.481 e. The molecule has 8 atom stereocenters. The topological polar surface area (TPSA) is 326 Å². The summed E-state index contributed by atoms with van der Waals surface area (Å²) in [6.45, 7) is 1.68. The van der Waals surface area contributed by atoms with Crippen molar-refractivity contribution in [3.8, 4) is 0 Å². The second-order valence-corrected chi connectivity index (χ2v) is 18.3. The second-order valence-electron chi connectivity index (χ2n) is 17.1. The van der Waals surface area contributed by atoms with Gasteiger partial charge in [0.1, 0.15) is 30.7 Å². The summed E-state index contributed by atoms with van der Waals surface area (Å²) in [6.07, 6.45) is 5.25. The Morgan fingerprint density at radius 3 is 2.20 bits per heavy atom. The number of thioether (sulfide) groups is 1. The van der Waals surface area contributed by atoms with E-state index in [0.717, 1.165) is 11.6 Å². The van der Waals surface area contributed by atoms with E-state index in [1.54, 1.807) is 19.2 Å². The maximum Gasteiger partial charge on any atom is 0.321 e. The van der Waals surface area contributed by atoms with Gasteiger partial charge in [0.25, 0.3) is 0 Å². The zero-order chi connectivity index (χ0) is 51.0. The van der Waals surface area contributed by atoms with Gasteiger partial charge in [0.05, 0.1) is 30.3 Å². The molecule has 2 aromatic rings. The van der Waals surface area contributed by atoms with Crippen molar-refractivity contribution in [2.24, 2.45) is 22.8 Å². The average Bonchev–Trinajstić information content (AvgIpc) is 3.70. The molecule has 0 spiro atoms. The third-order valence-electron chi connectivity index (χ3n) is 11.6. The summed E-state index contributed by atoms with van der Waals surface area (Å²) in [5.74, 6) is -9.67. The monoisotopic (exact) mass is 986 g/mol. The number of halogens is 2. The molecule has 3 unspecified atom stereocenters. The fourth-order valence-corrected chi connectivity index (χ4v) is 8.86. The van der Waals surface area contributed by atoms with Crippen LogP contribution in [0.15, 0.2) is 72.7 Å². The van der Waals surface area contributed by atoms with Crippen LogP contribution >= 0.6 is 11.8 Å². The fourth-order valence-electron chi connectivity index (χ4n) is 7.78. The molecule has 2 aliphatic carbocycles. The molecule has 0 saturated heterocycles. The lowest BCUT2D eigenvalue weighted by Gasteiger charge is -2.46. The summed E-state index contributed by atoms with van der Waals surface area (Å²) in [4.78, 5) is 101. The minimum atomic E-state index is -1.51. The number of aliphatic hydroxyl groups excluding tert-OH is 1. The number of rotatable bonds is 28. The van der Waals surface area contributed by atoms with Crippen LogP contribution in [-0.4, -0.2) is 145 Å². The Morgan fingerprint density at radius 1 is 0.942 bits per heavy atom. The number of aromatic nitrogens is 1. The van der Waals surface area contributed by atoms with Gasteiger partial charge in [-0.15, -0.1) is 11.8 Å².